The lowest BCUT2D eigenvalue weighted by atomic mass is 10.1. The predicted molar refractivity (Wildman–Crippen MR) is 95.1 cm³/mol. The van der Waals surface area contributed by atoms with Gasteiger partial charge in [0, 0.05) is 17.6 Å². The lowest BCUT2D eigenvalue weighted by Crippen LogP contribution is -2.55. The molecule has 1 aliphatic rings. The molecule has 0 unspecified atom stereocenters. The maximum absolute atomic E-state index is 12.7. The van der Waals surface area contributed by atoms with Gasteiger partial charge in [0.2, 0.25) is 5.91 Å². The molecule has 2 N–H and O–H groups in total. The Labute approximate surface area is 150 Å². The van der Waals surface area contributed by atoms with E-state index in [0.717, 1.165) is 9.18 Å². The highest BCUT2D eigenvalue weighted by atomic mass is 32.2. The average molecular weight is 376 g/mol. The number of rotatable bonds is 3. The second-order valence-electron chi connectivity index (χ2n) is 5.64. The standard InChI is InChI=1S/C16H16N4O3S2/c1-20-14(16(21)18-12-5-2-4-11(8-12)10-17)9-13(19-25(20,22)23)15-6-3-7-24-15/h2-8,13-14,19H,9H2,1H3,(H,18,21)/t13-,14+/m0/s1. The molecule has 1 fully saturated rings. The summed E-state index contributed by atoms with van der Waals surface area (Å²) in [6.45, 7) is 0. The summed E-state index contributed by atoms with van der Waals surface area (Å²) in [6.07, 6.45) is 0.319. The van der Waals surface area contributed by atoms with E-state index in [1.807, 2.05) is 23.6 Å². The van der Waals surface area contributed by atoms with Crippen molar-refractivity contribution in [3.8, 4) is 6.07 Å². The smallest absolute Gasteiger partial charge is 0.280 e. The Morgan fingerprint density at radius 2 is 2.20 bits per heavy atom. The predicted octanol–water partition coefficient (Wildman–Crippen LogP) is 1.84. The molecule has 1 amide bonds. The molecule has 130 valence electrons. The zero-order valence-corrected chi connectivity index (χ0v) is 15.0. The van der Waals surface area contributed by atoms with E-state index in [2.05, 4.69) is 10.0 Å². The fourth-order valence-corrected chi connectivity index (χ4v) is 4.81. The SMILES string of the molecule is CN1[C@@H](C(=O)Nc2cccc(C#N)c2)C[C@@H](c2cccs2)NS1(=O)=O. The van der Waals surface area contributed by atoms with Crippen molar-refractivity contribution in [3.05, 3.63) is 52.2 Å². The number of nitrogens with zero attached hydrogens (tertiary/aromatic N) is 2. The third-order valence-electron chi connectivity index (χ3n) is 4.02. The van der Waals surface area contributed by atoms with Gasteiger partial charge in [-0.05, 0) is 36.1 Å². The molecule has 0 saturated carbocycles. The minimum atomic E-state index is -3.76. The number of benzene rings is 1. The minimum absolute atomic E-state index is 0.319. The van der Waals surface area contributed by atoms with E-state index in [9.17, 15) is 13.2 Å². The van der Waals surface area contributed by atoms with Gasteiger partial charge in [-0.15, -0.1) is 11.3 Å². The van der Waals surface area contributed by atoms with Gasteiger partial charge in [0.15, 0.2) is 0 Å². The molecule has 2 atom stereocenters. The summed E-state index contributed by atoms with van der Waals surface area (Å²) in [5.41, 5.74) is 0.876. The molecule has 25 heavy (non-hydrogen) atoms. The molecule has 0 bridgehead atoms. The highest BCUT2D eigenvalue weighted by molar-refractivity contribution is 7.87. The number of nitrogens with one attached hydrogen (secondary N) is 2. The Kier molecular flexibility index (Phi) is 4.87. The monoisotopic (exact) mass is 376 g/mol. The molecule has 1 aromatic carbocycles. The van der Waals surface area contributed by atoms with Crippen molar-refractivity contribution in [1.82, 2.24) is 9.03 Å². The molecule has 3 rings (SSSR count). The van der Waals surface area contributed by atoms with Gasteiger partial charge in [-0.2, -0.15) is 22.7 Å². The number of carbonyl (C=O) groups excluding carboxylic acids is 1. The number of nitriles is 1. The van der Waals surface area contributed by atoms with Crippen LogP contribution in [0.2, 0.25) is 0 Å². The third kappa shape index (κ3) is 3.72. The van der Waals surface area contributed by atoms with E-state index in [1.54, 1.807) is 24.3 Å². The normalized spacial score (nSPS) is 22.9. The largest absolute Gasteiger partial charge is 0.325 e. The average Bonchev–Trinajstić information content (AvgIpc) is 3.11. The first-order valence-electron chi connectivity index (χ1n) is 7.50. The summed E-state index contributed by atoms with van der Waals surface area (Å²) in [7, 11) is -2.38. The molecule has 0 radical (unpaired) electrons. The highest BCUT2D eigenvalue weighted by Crippen LogP contribution is 2.30. The Hall–Kier alpha value is -2.25. The van der Waals surface area contributed by atoms with Gasteiger partial charge in [-0.1, -0.05) is 12.1 Å². The van der Waals surface area contributed by atoms with Gasteiger partial charge in [-0.25, -0.2) is 0 Å². The van der Waals surface area contributed by atoms with Gasteiger partial charge in [0.05, 0.1) is 17.7 Å². The van der Waals surface area contributed by atoms with Crippen LogP contribution in [0.25, 0.3) is 0 Å². The van der Waals surface area contributed by atoms with Crippen LogP contribution < -0.4 is 10.0 Å². The Bertz CT molecular complexity index is 919. The van der Waals surface area contributed by atoms with E-state index < -0.39 is 28.2 Å². The number of anilines is 1. The van der Waals surface area contributed by atoms with Crippen molar-refractivity contribution in [2.75, 3.05) is 12.4 Å². The molecule has 0 aliphatic carbocycles. The molecule has 2 aromatic rings. The first-order valence-corrected chi connectivity index (χ1v) is 9.82. The van der Waals surface area contributed by atoms with Gasteiger partial charge in [-0.3, -0.25) is 4.79 Å². The number of hydrogen-bond donors (Lipinski definition) is 2. The van der Waals surface area contributed by atoms with E-state index in [0.29, 0.717) is 17.7 Å². The van der Waals surface area contributed by atoms with Crippen molar-refractivity contribution >= 4 is 33.1 Å². The van der Waals surface area contributed by atoms with Crippen molar-refractivity contribution in [3.63, 3.8) is 0 Å². The molecule has 7 nitrogen and oxygen atoms in total. The Morgan fingerprint density at radius 3 is 2.88 bits per heavy atom. The molecule has 9 heteroatoms. The van der Waals surface area contributed by atoms with Crippen LogP contribution in [0.1, 0.15) is 22.9 Å². The Morgan fingerprint density at radius 1 is 1.40 bits per heavy atom. The lowest BCUT2D eigenvalue weighted by molar-refractivity contribution is -0.120. The number of carbonyl (C=O) groups is 1. The third-order valence-corrected chi connectivity index (χ3v) is 6.60. The van der Waals surface area contributed by atoms with Gasteiger partial charge in [0.25, 0.3) is 10.2 Å². The van der Waals surface area contributed by atoms with Gasteiger partial charge >= 0.3 is 0 Å². The van der Waals surface area contributed by atoms with Crippen molar-refractivity contribution in [1.29, 1.82) is 5.26 Å². The first-order chi connectivity index (χ1) is 11.9. The molecule has 0 spiro atoms. The summed E-state index contributed by atoms with van der Waals surface area (Å²) in [4.78, 5) is 13.5. The lowest BCUT2D eigenvalue weighted by Gasteiger charge is -2.35. The topological polar surface area (TPSA) is 102 Å². The number of hydrogen-bond acceptors (Lipinski definition) is 5. The van der Waals surface area contributed by atoms with Crippen LogP contribution in [-0.4, -0.2) is 31.7 Å². The van der Waals surface area contributed by atoms with Crippen LogP contribution in [0.3, 0.4) is 0 Å². The summed E-state index contributed by atoms with van der Waals surface area (Å²) >= 11 is 1.44. The fraction of sp³-hybridized carbons (Fsp3) is 0.250. The van der Waals surface area contributed by atoms with Crippen LogP contribution in [0.15, 0.2) is 41.8 Å². The summed E-state index contributed by atoms with van der Waals surface area (Å²) in [5, 5.41) is 13.5. The van der Waals surface area contributed by atoms with E-state index in [1.165, 1.54) is 18.4 Å². The van der Waals surface area contributed by atoms with Crippen LogP contribution >= 0.6 is 11.3 Å². The van der Waals surface area contributed by atoms with Crippen molar-refractivity contribution in [2.45, 2.75) is 18.5 Å². The van der Waals surface area contributed by atoms with Gasteiger partial charge in [0.1, 0.15) is 6.04 Å². The summed E-state index contributed by atoms with van der Waals surface area (Å²) in [5.74, 6) is -0.427. The van der Waals surface area contributed by atoms with Crippen LogP contribution in [0.4, 0.5) is 5.69 Å². The first kappa shape index (κ1) is 17.6. The van der Waals surface area contributed by atoms with Gasteiger partial charge < -0.3 is 5.32 Å². The van der Waals surface area contributed by atoms with E-state index in [-0.39, 0.29) is 0 Å². The number of thiophene rings is 1. The van der Waals surface area contributed by atoms with E-state index >= 15 is 0 Å². The van der Waals surface area contributed by atoms with Crippen LogP contribution in [-0.2, 0) is 15.0 Å². The summed E-state index contributed by atoms with van der Waals surface area (Å²) < 4.78 is 28.3. The zero-order valence-electron chi connectivity index (χ0n) is 13.3. The minimum Gasteiger partial charge on any atom is -0.325 e. The quantitative estimate of drug-likeness (QED) is 0.853. The summed E-state index contributed by atoms with van der Waals surface area (Å²) in [6, 6.07) is 10.9. The fourth-order valence-electron chi connectivity index (χ4n) is 2.68. The highest BCUT2D eigenvalue weighted by Gasteiger charge is 2.40. The maximum atomic E-state index is 12.7. The molecular weight excluding hydrogens is 360 g/mol. The molecule has 1 saturated heterocycles. The molecular formula is C16H16N4O3S2. The molecule has 1 aliphatic heterocycles. The number of amides is 1. The molecule has 2 heterocycles. The second-order valence-corrected chi connectivity index (χ2v) is 8.38. The Balaban J connectivity index is 1.83. The second kappa shape index (κ2) is 6.93. The number of likely N-dealkylation sites (N-methyl/N-ethyl adjacent to an activating group) is 1. The zero-order chi connectivity index (χ0) is 18.0. The van der Waals surface area contributed by atoms with E-state index in [4.69, 9.17) is 5.26 Å². The molecule has 1 aromatic heterocycles. The van der Waals surface area contributed by atoms with Crippen molar-refractivity contribution in [2.24, 2.45) is 0 Å². The van der Waals surface area contributed by atoms with Crippen LogP contribution in [0, 0.1) is 11.3 Å². The van der Waals surface area contributed by atoms with Crippen LogP contribution in [0.5, 0.6) is 0 Å². The maximum Gasteiger partial charge on any atom is 0.280 e. The van der Waals surface area contributed by atoms with Crippen molar-refractivity contribution < 1.29 is 13.2 Å².